The molecule has 0 radical (unpaired) electrons. The van der Waals surface area contributed by atoms with Crippen molar-refractivity contribution in [3.8, 4) is 17.6 Å². The SMILES string of the molecule is COc1cc(C=NNC(=O)Nc2ccccc2C)c(Br)cc1OCc1ccccc1C#N. The molecule has 0 aliphatic rings. The summed E-state index contributed by atoms with van der Waals surface area (Å²) < 4.78 is 12.0. The number of methoxy groups -OCH3 is 1. The summed E-state index contributed by atoms with van der Waals surface area (Å²) in [5.41, 5.74) is 6.13. The topological polar surface area (TPSA) is 95.7 Å². The average Bonchev–Trinajstić information content (AvgIpc) is 2.80. The second kappa shape index (κ2) is 11.0. The number of benzene rings is 3. The van der Waals surface area contributed by atoms with Gasteiger partial charge < -0.3 is 14.8 Å². The van der Waals surface area contributed by atoms with Crippen molar-refractivity contribution in [2.75, 3.05) is 12.4 Å². The van der Waals surface area contributed by atoms with Gasteiger partial charge in [-0.3, -0.25) is 0 Å². The van der Waals surface area contributed by atoms with Gasteiger partial charge in [0.2, 0.25) is 0 Å². The van der Waals surface area contributed by atoms with E-state index in [1.54, 1.807) is 18.2 Å². The van der Waals surface area contributed by atoms with Crippen molar-refractivity contribution in [2.24, 2.45) is 5.10 Å². The molecular weight excluding hydrogens is 472 g/mol. The third-order valence-corrected chi connectivity index (χ3v) is 5.25. The highest BCUT2D eigenvalue weighted by atomic mass is 79.9. The monoisotopic (exact) mass is 492 g/mol. The zero-order valence-corrected chi connectivity index (χ0v) is 19.1. The Morgan fingerprint density at radius 2 is 1.91 bits per heavy atom. The number of nitriles is 1. The number of hydrogen-bond acceptors (Lipinski definition) is 5. The molecular formula is C24H21BrN4O3. The third-order valence-electron chi connectivity index (χ3n) is 4.57. The van der Waals surface area contributed by atoms with Crippen molar-refractivity contribution < 1.29 is 14.3 Å². The van der Waals surface area contributed by atoms with E-state index in [0.29, 0.717) is 32.8 Å². The molecule has 7 nitrogen and oxygen atoms in total. The Morgan fingerprint density at radius 1 is 1.16 bits per heavy atom. The number of nitrogens with zero attached hydrogens (tertiary/aromatic N) is 2. The van der Waals surface area contributed by atoms with Crippen molar-refractivity contribution in [1.82, 2.24) is 5.43 Å². The van der Waals surface area contributed by atoms with E-state index >= 15 is 0 Å². The second-order valence-corrected chi connectivity index (χ2v) is 7.58. The highest BCUT2D eigenvalue weighted by Crippen LogP contribution is 2.33. The molecule has 3 aromatic rings. The summed E-state index contributed by atoms with van der Waals surface area (Å²) in [5.74, 6) is 1.00. The number of urea groups is 1. The second-order valence-electron chi connectivity index (χ2n) is 6.72. The molecule has 0 fully saturated rings. The van der Waals surface area contributed by atoms with Crippen LogP contribution in [0.5, 0.6) is 11.5 Å². The van der Waals surface area contributed by atoms with Crippen molar-refractivity contribution >= 4 is 33.9 Å². The van der Waals surface area contributed by atoms with Gasteiger partial charge in [0.15, 0.2) is 11.5 Å². The maximum absolute atomic E-state index is 12.1. The van der Waals surface area contributed by atoms with Gasteiger partial charge in [-0.05, 0) is 52.7 Å². The minimum absolute atomic E-state index is 0.223. The number of ether oxygens (including phenoxy) is 2. The number of aryl methyl sites for hydroxylation is 1. The van der Waals surface area contributed by atoms with Gasteiger partial charge in [0, 0.05) is 21.3 Å². The van der Waals surface area contributed by atoms with Crippen molar-refractivity contribution in [3.05, 3.63) is 87.4 Å². The minimum Gasteiger partial charge on any atom is -0.493 e. The van der Waals surface area contributed by atoms with E-state index in [9.17, 15) is 10.1 Å². The number of rotatable bonds is 7. The van der Waals surface area contributed by atoms with Crippen LogP contribution >= 0.6 is 15.9 Å². The lowest BCUT2D eigenvalue weighted by Crippen LogP contribution is -2.24. The summed E-state index contributed by atoms with van der Waals surface area (Å²) in [6.45, 7) is 2.13. The van der Waals surface area contributed by atoms with Crippen LogP contribution in [0.3, 0.4) is 0 Å². The third kappa shape index (κ3) is 5.86. The van der Waals surface area contributed by atoms with Crippen LogP contribution in [0.4, 0.5) is 10.5 Å². The number of carbonyl (C=O) groups excluding carboxylic acids is 1. The molecule has 3 aromatic carbocycles. The number of hydrazone groups is 1. The Labute approximate surface area is 194 Å². The fourth-order valence-electron chi connectivity index (χ4n) is 2.86. The van der Waals surface area contributed by atoms with Gasteiger partial charge in [-0.1, -0.05) is 36.4 Å². The predicted octanol–water partition coefficient (Wildman–Crippen LogP) is 5.37. The Bertz CT molecular complexity index is 1190. The highest BCUT2D eigenvalue weighted by molar-refractivity contribution is 9.10. The number of amides is 2. The summed E-state index contributed by atoms with van der Waals surface area (Å²) in [5, 5.41) is 16.0. The molecule has 2 amide bonds. The first kappa shape index (κ1) is 22.8. The summed E-state index contributed by atoms with van der Waals surface area (Å²) in [7, 11) is 1.54. The van der Waals surface area contributed by atoms with Crippen molar-refractivity contribution in [3.63, 3.8) is 0 Å². The molecule has 8 heteroatoms. The van der Waals surface area contributed by atoms with E-state index in [1.807, 2.05) is 49.4 Å². The number of para-hydroxylation sites is 1. The molecule has 0 atom stereocenters. The molecule has 0 unspecified atom stereocenters. The first-order valence-corrected chi connectivity index (χ1v) is 10.4. The summed E-state index contributed by atoms with van der Waals surface area (Å²) in [6, 6.07) is 19.9. The maximum atomic E-state index is 12.1. The molecule has 0 bridgehead atoms. The first-order chi connectivity index (χ1) is 15.5. The fourth-order valence-corrected chi connectivity index (χ4v) is 3.28. The molecule has 0 aromatic heterocycles. The van der Waals surface area contributed by atoms with Crippen LogP contribution in [0, 0.1) is 18.3 Å². The van der Waals surface area contributed by atoms with Gasteiger partial charge in [-0.25, -0.2) is 10.2 Å². The van der Waals surface area contributed by atoms with E-state index in [4.69, 9.17) is 9.47 Å². The van der Waals surface area contributed by atoms with Gasteiger partial charge in [0.1, 0.15) is 6.61 Å². The number of hydrogen-bond donors (Lipinski definition) is 2. The van der Waals surface area contributed by atoms with E-state index in [-0.39, 0.29) is 6.61 Å². The lowest BCUT2D eigenvalue weighted by atomic mass is 10.1. The lowest BCUT2D eigenvalue weighted by Gasteiger charge is -2.13. The Balaban J connectivity index is 1.67. The van der Waals surface area contributed by atoms with E-state index in [0.717, 1.165) is 11.1 Å². The standard InChI is InChI=1S/C24H21BrN4O3/c1-16-7-3-6-10-21(16)28-24(30)29-27-14-19-11-22(31-2)23(12-20(19)25)32-15-18-9-5-4-8-17(18)13-26/h3-12,14H,15H2,1-2H3,(H2,28,29,30). The van der Waals surface area contributed by atoms with E-state index in [1.165, 1.54) is 13.3 Å². The van der Waals surface area contributed by atoms with Crippen LogP contribution < -0.4 is 20.2 Å². The van der Waals surface area contributed by atoms with E-state index in [2.05, 4.69) is 37.8 Å². The molecule has 0 aliphatic heterocycles. The minimum atomic E-state index is -0.449. The first-order valence-electron chi connectivity index (χ1n) is 9.66. The normalized spacial score (nSPS) is 10.4. The van der Waals surface area contributed by atoms with Gasteiger partial charge >= 0.3 is 6.03 Å². The molecule has 0 heterocycles. The van der Waals surface area contributed by atoms with Crippen LogP contribution in [0.1, 0.15) is 22.3 Å². The average molecular weight is 493 g/mol. The van der Waals surface area contributed by atoms with Crippen LogP contribution in [0.25, 0.3) is 0 Å². The molecule has 162 valence electrons. The van der Waals surface area contributed by atoms with Gasteiger partial charge in [-0.15, -0.1) is 0 Å². The van der Waals surface area contributed by atoms with Crippen molar-refractivity contribution in [1.29, 1.82) is 5.26 Å². The summed E-state index contributed by atoms with van der Waals surface area (Å²) in [4.78, 5) is 12.1. The van der Waals surface area contributed by atoms with Gasteiger partial charge in [0.05, 0.1) is 25.0 Å². The molecule has 3 rings (SSSR count). The van der Waals surface area contributed by atoms with Crippen molar-refractivity contribution in [2.45, 2.75) is 13.5 Å². The molecule has 2 N–H and O–H groups in total. The Kier molecular flexibility index (Phi) is 7.84. The highest BCUT2D eigenvalue weighted by Gasteiger charge is 2.11. The van der Waals surface area contributed by atoms with Crippen LogP contribution in [0.15, 0.2) is 70.2 Å². The number of nitrogens with one attached hydrogen (secondary N) is 2. The fraction of sp³-hybridized carbons (Fsp3) is 0.125. The Hall–Kier alpha value is -3.83. The zero-order chi connectivity index (χ0) is 22.9. The smallest absolute Gasteiger partial charge is 0.339 e. The molecule has 0 saturated heterocycles. The molecule has 0 spiro atoms. The summed E-state index contributed by atoms with van der Waals surface area (Å²) in [6.07, 6.45) is 1.50. The van der Waals surface area contributed by atoms with Crippen LogP contribution in [-0.2, 0) is 6.61 Å². The van der Waals surface area contributed by atoms with Gasteiger partial charge in [0.25, 0.3) is 0 Å². The van der Waals surface area contributed by atoms with E-state index < -0.39 is 6.03 Å². The van der Waals surface area contributed by atoms with Gasteiger partial charge in [-0.2, -0.15) is 10.4 Å². The maximum Gasteiger partial charge on any atom is 0.339 e. The quantitative estimate of drug-likeness (QED) is 0.342. The number of anilines is 1. The molecule has 0 aliphatic carbocycles. The predicted molar refractivity (Wildman–Crippen MR) is 127 cm³/mol. The number of halogens is 1. The lowest BCUT2D eigenvalue weighted by molar-refractivity contribution is 0.252. The summed E-state index contributed by atoms with van der Waals surface area (Å²) >= 11 is 3.49. The number of carbonyl (C=O) groups is 1. The largest absolute Gasteiger partial charge is 0.493 e. The molecule has 0 saturated carbocycles. The molecule has 32 heavy (non-hydrogen) atoms. The zero-order valence-electron chi connectivity index (χ0n) is 17.6. The van der Waals surface area contributed by atoms with Crippen LogP contribution in [0.2, 0.25) is 0 Å². The van der Waals surface area contributed by atoms with Crippen LogP contribution in [-0.4, -0.2) is 19.4 Å². The Morgan fingerprint density at radius 3 is 2.66 bits per heavy atom.